The molecule has 16 nitrogen and oxygen atoms in total. The maximum atomic E-state index is 13.6. The van der Waals surface area contributed by atoms with Crippen LogP contribution in [0.3, 0.4) is 0 Å². The summed E-state index contributed by atoms with van der Waals surface area (Å²) in [6, 6.07) is 17.9. The third-order valence-corrected chi connectivity index (χ3v) is 14.2. The Labute approximate surface area is 405 Å². The Morgan fingerprint density at radius 3 is 2.51 bits per heavy atom. The molecule has 4 aromatic rings. The number of unbranched alkanes of at least 4 members (excludes halogenated alkanes) is 1. The number of rotatable bonds is 19. The van der Waals surface area contributed by atoms with Crippen LogP contribution >= 0.6 is 15.9 Å². The molecular formula is C51H60BrN9O7. The van der Waals surface area contributed by atoms with Crippen LogP contribution in [0.4, 0.5) is 17.2 Å². The molecule has 0 aliphatic carbocycles. The van der Waals surface area contributed by atoms with E-state index in [0.717, 1.165) is 67.6 Å². The van der Waals surface area contributed by atoms with E-state index in [1.165, 1.54) is 4.90 Å². The van der Waals surface area contributed by atoms with Crippen molar-refractivity contribution in [3.05, 3.63) is 105 Å². The van der Waals surface area contributed by atoms with Crippen LogP contribution in [-0.4, -0.2) is 114 Å². The second kappa shape index (κ2) is 21.9. The number of methoxy groups -OCH3 is 1. The number of ketones is 1. The molecule has 3 N–H and O–H groups in total. The zero-order valence-electron chi connectivity index (χ0n) is 39.0. The van der Waals surface area contributed by atoms with Crippen molar-refractivity contribution in [1.82, 2.24) is 30.4 Å². The summed E-state index contributed by atoms with van der Waals surface area (Å²) in [5.41, 5.74) is 4.97. The van der Waals surface area contributed by atoms with Crippen LogP contribution in [0.2, 0.25) is 0 Å². The molecule has 3 aromatic carbocycles. The number of nitrogens with one attached hydrogen (secondary N) is 3. The quantitative estimate of drug-likeness (QED) is 0.0563. The minimum absolute atomic E-state index is 0.0135. The van der Waals surface area contributed by atoms with Crippen LogP contribution in [0.25, 0.3) is 0 Å². The maximum absolute atomic E-state index is 13.6. The van der Waals surface area contributed by atoms with Gasteiger partial charge in [-0.3, -0.25) is 34.1 Å². The van der Waals surface area contributed by atoms with E-state index in [9.17, 15) is 28.8 Å². The van der Waals surface area contributed by atoms with E-state index < -0.39 is 11.9 Å². The van der Waals surface area contributed by atoms with Crippen molar-refractivity contribution < 1.29 is 33.5 Å². The van der Waals surface area contributed by atoms with Gasteiger partial charge in [-0.25, -0.2) is 9.97 Å². The normalized spacial score (nSPS) is 18.7. The fourth-order valence-corrected chi connectivity index (χ4v) is 10.0. The first-order valence-corrected chi connectivity index (χ1v) is 24.5. The lowest BCUT2D eigenvalue weighted by atomic mass is 9.89. The second-order valence-corrected chi connectivity index (χ2v) is 19.1. The van der Waals surface area contributed by atoms with Crippen molar-refractivity contribution in [2.75, 3.05) is 62.0 Å². The second-order valence-electron chi connectivity index (χ2n) is 18.2. The molecule has 1 unspecified atom stereocenters. The fourth-order valence-electron chi connectivity index (χ4n) is 9.77. The number of likely N-dealkylation sites (tertiary alicyclic amines) is 1. The molecule has 4 aliphatic rings. The third kappa shape index (κ3) is 11.1. The van der Waals surface area contributed by atoms with Crippen molar-refractivity contribution in [3.8, 4) is 5.75 Å². The number of halogens is 1. The molecule has 5 heterocycles. The monoisotopic (exact) mass is 989 g/mol. The molecule has 1 aromatic heterocycles. The number of carbonyl (C=O) groups excluding carboxylic acids is 6. The average molecular weight is 991 g/mol. The van der Waals surface area contributed by atoms with Crippen molar-refractivity contribution in [2.45, 2.75) is 96.3 Å². The largest absolute Gasteiger partial charge is 0.496 e. The van der Waals surface area contributed by atoms with Crippen molar-refractivity contribution in [3.63, 3.8) is 0 Å². The van der Waals surface area contributed by atoms with Crippen LogP contribution in [0, 0.1) is 5.92 Å². The number of aromatic nitrogens is 2. The maximum Gasteiger partial charge on any atom is 0.255 e. The van der Waals surface area contributed by atoms with Gasteiger partial charge in [0.25, 0.3) is 5.91 Å². The number of Topliss-reactive ketones (excluding diaryl/α,β-unsaturated/α-hetero) is 1. The van der Waals surface area contributed by atoms with Gasteiger partial charge in [-0.05, 0) is 100.0 Å². The van der Waals surface area contributed by atoms with E-state index in [0.29, 0.717) is 90.0 Å². The van der Waals surface area contributed by atoms with Gasteiger partial charge in [0.2, 0.25) is 23.6 Å². The third-order valence-electron chi connectivity index (χ3n) is 13.7. The molecule has 68 heavy (non-hydrogen) atoms. The Kier molecular flexibility index (Phi) is 15.6. The average Bonchev–Trinajstić information content (AvgIpc) is 3.67. The number of ether oxygens (including phenoxy) is 1. The SMILES string of the molecule is CC[C@@H]1C(=O)N(C)c2cnc(Cc3ccc(C(=O)CC4CCN(CCNCCCCC(=O)Nc5cccc6c5CN(C5CCC(=O)NC5=O)C6=O)CC4)cc3OC)nc2N1Cc1ccc(Br)cc1. The molecule has 0 bridgehead atoms. The van der Waals surface area contributed by atoms with E-state index in [2.05, 4.69) is 46.7 Å². The summed E-state index contributed by atoms with van der Waals surface area (Å²) < 4.78 is 6.80. The summed E-state index contributed by atoms with van der Waals surface area (Å²) in [4.78, 5) is 94.4. The first-order valence-electron chi connectivity index (χ1n) is 23.7. The number of imide groups is 1. The van der Waals surface area contributed by atoms with Crippen molar-refractivity contribution >= 4 is 68.4 Å². The van der Waals surface area contributed by atoms with Gasteiger partial charge in [0, 0.05) is 91.3 Å². The summed E-state index contributed by atoms with van der Waals surface area (Å²) >= 11 is 3.51. The van der Waals surface area contributed by atoms with E-state index in [-0.39, 0.29) is 54.8 Å². The van der Waals surface area contributed by atoms with Crippen LogP contribution in [0.1, 0.15) is 108 Å². The molecule has 2 fully saturated rings. The Bertz CT molecular complexity index is 2550. The van der Waals surface area contributed by atoms with Crippen LogP contribution in [-0.2, 0) is 38.7 Å². The van der Waals surface area contributed by atoms with Gasteiger partial charge in [-0.2, -0.15) is 0 Å². The number of piperidine rings is 2. The molecule has 0 spiro atoms. The summed E-state index contributed by atoms with van der Waals surface area (Å²) in [5, 5.41) is 8.79. The highest BCUT2D eigenvalue weighted by Gasteiger charge is 2.40. The van der Waals surface area contributed by atoms with E-state index >= 15 is 0 Å². The number of hydrogen-bond donors (Lipinski definition) is 3. The summed E-state index contributed by atoms with van der Waals surface area (Å²) in [6.45, 7) is 7.17. The highest BCUT2D eigenvalue weighted by molar-refractivity contribution is 9.10. The molecular weight excluding hydrogens is 931 g/mol. The van der Waals surface area contributed by atoms with E-state index in [1.54, 1.807) is 43.5 Å². The summed E-state index contributed by atoms with van der Waals surface area (Å²) in [7, 11) is 3.39. The Hall–Kier alpha value is -6.04. The van der Waals surface area contributed by atoms with Gasteiger partial charge < -0.3 is 35.0 Å². The predicted molar refractivity (Wildman–Crippen MR) is 262 cm³/mol. The predicted octanol–water partition coefficient (Wildman–Crippen LogP) is 6.04. The number of amides is 5. The zero-order chi connectivity index (χ0) is 47.9. The molecule has 8 rings (SSSR count). The lowest BCUT2D eigenvalue weighted by Gasteiger charge is -2.40. The molecule has 5 amide bonds. The summed E-state index contributed by atoms with van der Waals surface area (Å²) in [6.07, 6.45) is 7.52. The number of nitrogens with zero attached hydrogens (tertiary/aromatic N) is 6. The molecule has 17 heteroatoms. The van der Waals surface area contributed by atoms with Crippen LogP contribution in [0.5, 0.6) is 5.75 Å². The van der Waals surface area contributed by atoms with Gasteiger partial charge >= 0.3 is 0 Å². The standard InChI is InChI=1S/C51H60BrN9O7/c1-4-40-51(67)58(2)42-29-54-45(56-48(42)60(40)30-33-11-15-36(52)16-12-33)28-35-14-13-34(27-44(35)68-3)43(62)26-32-19-23-59(24-20-32)25-22-53-21-6-5-10-46(63)55-39-9-7-8-37-38(39)31-61(50(37)66)41-17-18-47(64)57-49(41)65/h7-9,11-16,27,29,32,40-41,53H,4-6,10,17-26,28,30-31H2,1-3H3,(H,55,63)(H,57,64,65)/t40-,41?/m1/s1. The Morgan fingerprint density at radius 2 is 1.76 bits per heavy atom. The number of likely N-dealkylation sites (N-methyl/N-ethyl adjacent to an activating group) is 1. The smallest absolute Gasteiger partial charge is 0.255 e. The van der Waals surface area contributed by atoms with Gasteiger partial charge in [-0.15, -0.1) is 0 Å². The first-order chi connectivity index (χ1) is 32.9. The molecule has 2 saturated heterocycles. The number of benzene rings is 3. The Balaban J connectivity index is 0.745. The van der Waals surface area contributed by atoms with Crippen molar-refractivity contribution in [1.29, 1.82) is 0 Å². The highest BCUT2D eigenvalue weighted by Crippen LogP contribution is 2.37. The molecule has 0 radical (unpaired) electrons. The molecule has 4 aliphatic heterocycles. The number of hydrogen-bond acceptors (Lipinski definition) is 12. The Morgan fingerprint density at radius 1 is 0.971 bits per heavy atom. The van der Waals surface area contributed by atoms with Crippen LogP contribution < -0.4 is 30.5 Å². The van der Waals surface area contributed by atoms with Crippen LogP contribution in [0.15, 0.2) is 71.3 Å². The minimum Gasteiger partial charge on any atom is -0.496 e. The van der Waals surface area contributed by atoms with Gasteiger partial charge in [0.15, 0.2) is 11.6 Å². The molecule has 0 saturated carbocycles. The highest BCUT2D eigenvalue weighted by atomic mass is 79.9. The lowest BCUT2D eigenvalue weighted by molar-refractivity contribution is -0.137. The number of fused-ring (bicyclic) bond motifs is 2. The van der Waals surface area contributed by atoms with E-state index in [4.69, 9.17) is 9.72 Å². The topological polar surface area (TPSA) is 186 Å². The van der Waals surface area contributed by atoms with Crippen molar-refractivity contribution in [2.24, 2.45) is 5.92 Å². The number of carbonyl (C=O) groups is 6. The van der Waals surface area contributed by atoms with Gasteiger partial charge in [0.05, 0.1) is 13.3 Å². The summed E-state index contributed by atoms with van der Waals surface area (Å²) in [5.74, 6) is 1.17. The lowest BCUT2D eigenvalue weighted by Crippen LogP contribution is -2.52. The molecule has 2 atom stereocenters. The fraction of sp³-hybridized carbons (Fsp3) is 0.451. The van der Waals surface area contributed by atoms with Gasteiger partial charge in [-0.1, -0.05) is 53.2 Å². The minimum atomic E-state index is -0.708. The zero-order valence-corrected chi connectivity index (χ0v) is 40.6. The molecule has 358 valence electrons. The van der Waals surface area contributed by atoms with E-state index in [1.807, 2.05) is 49.4 Å². The first kappa shape index (κ1) is 48.4. The number of anilines is 3. The van der Waals surface area contributed by atoms with Gasteiger partial charge in [0.1, 0.15) is 29.3 Å².